The van der Waals surface area contributed by atoms with E-state index in [9.17, 15) is 0 Å². The first kappa shape index (κ1) is 10.2. The minimum Gasteiger partial charge on any atom is -0.274 e. The molecular formula is C14H8N2S2. The van der Waals surface area contributed by atoms with Gasteiger partial charge >= 0.3 is 0 Å². The van der Waals surface area contributed by atoms with Gasteiger partial charge in [0.15, 0.2) is 9.60 Å². The van der Waals surface area contributed by atoms with Crippen molar-refractivity contribution in [2.45, 2.75) is 0 Å². The van der Waals surface area contributed by atoms with E-state index in [1.54, 1.807) is 0 Å². The molecule has 0 atom stereocenters. The van der Waals surface area contributed by atoms with Gasteiger partial charge in [0.2, 0.25) is 0 Å². The molecule has 2 nitrogen and oxygen atoms in total. The Balaban J connectivity index is 2.52. The van der Waals surface area contributed by atoms with Crippen LogP contribution in [-0.2, 0) is 0 Å². The molecule has 0 unspecified atom stereocenters. The monoisotopic (exact) mass is 268 g/mol. The maximum atomic E-state index is 5.40. The van der Waals surface area contributed by atoms with Gasteiger partial charge in [0, 0.05) is 10.8 Å². The van der Waals surface area contributed by atoms with Crippen LogP contribution in [0.5, 0.6) is 0 Å². The predicted molar refractivity (Wildman–Crippen MR) is 78.9 cm³/mol. The van der Waals surface area contributed by atoms with Gasteiger partial charge in [-0.3, -0.25) is 4.40 Å². The summed E-state index contributed by atoms with van der Waals surface area (Å²) >= 11 is 6.77. The van der Waals surface area contributed by atoms with E-state index in [1.165, 1.54) is 22.3 Å². The van der Waals surface area contributed by atoms with Crippen molar-refractivity contribution in [3.8, 4) is 0 Å². The molecule has 86 valence electrons. The van der Waals surface area contributed by atoms with E-state index >= 15 is 0 Å². The zero-order chi connectivity index (χ0) is 12.1. The Bertz CT molecular complexity index is 950. The summed E-state index contributed by atoms with van der Waals surface area (Å²) in [5.74, 6) is 0. The highest BCUT2D eigenvalue weighted by atomic mass is 32.2. The molecular weight excluding hydrogens is 260 g/mol. The van der Waals surface area contributed by atoms with Gasteiger partial charge in [-0.05, 0) is 35.2 Å². The first-order valence-electron chi connectivity index (χ1n) is 5.64. The highest BCUT2D eigenvalue weighted by molar-refractivity contribution is 7.73. The smallest absolute Gasteiger partial charge is 0.185 e. The summed E-state index contributed by atoms with van der Waals surface area (Å²) in [6.07, 6.45) is 0. The highest BCUT2D eigenvalue weighted by Crippen LogP contribution is 2.29. The molecule has 4 rings (SSSR count). The molecule has 0 N–H and O–H groups in total. The lowest BCUT2D eigenvalue weighted by Gasteiger charge is -2.06. The van der Waals surface area contributed by atoms with Crippen LogP contribution in [0, 0.1) is 3.95 Å². The van der Waals surface area contributed by atoms with E-state index < -0.39 is 0 Å². The summed E-state index contributed by atoms with van der Waals surface area (Å²) in [6, 6.07) is 16.7. The third-order valence-corrected chi connectivity index (χ3v) is 4.22. The molecule has 0 amide bonds. The second kappa shape index (κ2) is 3.60. The highest BCUT2D eigenvalue weighted by Gasteiger charge is 2.09. The Morgan fingerprint density at radius 2 is 1.56 bits per heavy atom. The number of benzene rings is 2. The molecule has 0 aliphatic rings. The molecule has 0 radical (unpaired) electrons. The van der Waals surface area contributed by atoms with Gasteiger partial charge in [0.05, 0.1) is 5.52 Å². The molecule has 18 heavy (non-hydrogen) atoms. The van der Waals surface area contributed by atoms with Crippen molar-refractivity contribution in [3.05, 3.63) is 52.5 Å². The summed E-state index contributed by atoms with van der Waals surface area (Å²) in [5.41, 5.74) is 2.09. The zero-order valence-corrected chi connectivity index (χ0v) is 11.0. The fourth-order valence-electron chi connectivity index (χ4n) is 2.44. The molecule has 0 saturated heterocycles. The molecule has 2 aromatic heterocycles. The van der Waals surface area contributed by atoms with Crippen molar-refractivity contribution in [2.24, 2.45) is 0 Å². The lowest BCUT2D eigenvalue weighted by atomic mass is 10.1. The standard InChI is InChI=1S/C14H8N2S2/c17-14-16-12-8-4-3-6-10(12)9-5-1-2-7-11(9)13(16)15-18-14/h1-8H. The van der Waals surface area contributed by atoms with Crippen molar-refractivity contribution in [1.29, 1.82) is 0 Å². The quantitative estimate of drug-likeness (QED) is 0.347. The number of para-hydroxylation sites is 1. The minimum absolute atomic E-state index is 0.798. The number of hydrogen-bond acceptors (Lipinski definition) is 3. The summed E-state index contributed by atoms with van der Waals surface area (Å²) in [6.45, 7) is 0. The molecule has 0 saturated carbocycles. The fraction of sp³-hybridized carbons (Fsp3) is 0. The lowest BCUT2D eigenvalue weighted by molar-refractivity contribution is 1.25. The largest absolute Gasteiger partial charge is 0.274 e. The third-order valence-electron chi connectivity index (χ3n) is 3.21. The number of nitrogens with zero attached hydrogens (tertiary/aromatic N) is 2. The maximum absolute atomic E-state index is 5.40. The molecule has 0 aliphatic carbocycles. The molecule has 4 heteroatoms. The van der Waals surface area contributed by atoms with E-state index in [4.69, 9.17) is 12.2 Å². The average molecular weight is 268 g/mol. The van der Waals surface area contributed by atoms with Crippen LogP contribution < -0.4 is 0 Å². The van der Waals surface area contributed by atoms with Crippen molar-refractivity contribution in [3.63, 3.8) is 0 Å². The van der Waals surface area contributed by atoms with Crippen LogP contribution in [0.1, 0.15) is 0 Å². The number of hydrogen-bond donors (Lipinski definition) is 0. The minimum atomic E-state index is 0.798. The number of pyridine rings is 1. The molecule has 0 aliphatic heterocycles. The van der Waals surface area contributed by atoms with Crippen LogP contribution in [0.4, 0.5) is 0 Å². The van der Waals surface area contributed by atoms with E-state index in [0.717, 1.165) is 20.5 Å². The Hall–Kier alpha value is -1.78. The van der Waals surface area contributed by atoms with Gasteiger partial charge in [-0.1, -0.05) is 42.5 Å². The normalized spacial score (nSPS) is 11.6. The second-order valence-corrected chi connectivity index (χ2v) is 5.57. The Morgan fingerprint density at radius 3 is 2.39 bits per heavy atom. The van der Waals surface area contributed by atoms with Crippen LogP contribution in [0.15, 0.2) is 48.5 Å². The van der Waals surface area contributed by atoms with E-state index in [2.05, 4.69) is 45.2 Å². The van der Waals surface area contributed by atoms with Gasteiger partial charge in [0.25, 0.3) is 0 Å². The van der Waals surface area contributed by atoms with Crippen LogP contribution in [-0.4, -0.2) is 8.77 Å². The van der Waals surface area contributed by atoms with E-state index in [0.29, 0.717) is 0 Å². The van der Waals surface area contributed by atoms with Gasteiger partial charge in [-0.2, -0.15) is 4.37 Å². The topological polar surface area (TPSA) is 17.3 Å². The average Bonchev–Trinajstić information content (AvgIpc) is 2.82. The van der Waals surface area contributed by atoms with Crippen molar-refractivity contribution in [2.75, 3.05) is 0 Å². The number of rotatable bonds is 0. The number of fused-ring (bicyclic) bond motifs is 6. The van der Waals surface area contributed by atoms with Crippen LogP contribution in [0.3, 0.4) is 0 Å². The zero-order valence-electron chi connectivity index (χ0n) is 9.33. The van der Waals surface area contributed by atoms with Crippen molar-refractivity contribution in [1.82, 2.24) is 8.77 Å². The SMILES string of the molecule is S=c1snc2c3ccccc3c3ccccc3n12. The molecule has 4 aromatic rings. The Kier molecular flexibility index (Phi) is 2.04. The second-order valence-electron chi connectivity index (χ2n) is 4.17. The predicted octanol–water partition coefficient (Wildman–Crippen LogP) is 4.43. The fourth-order valence-corrected chi connectivity index (χ4v) is 3.35. The molecule has 2 aromatic carbocycles. The van der Waals surface area contributed by atoms with E-state index in [-0.39, 0.29) is 0 Å². The third kappa shape index (κ3) is 1.22. The Morgan fingerprint density at radius 1 is 0.889 bits per heavy atom. The van der Waals surface area contributed by atoms with Crippen molar-refractivity contribution < 1.29 is 0 Å². The molecule has 0 spiro atoms. The summed E-state index contributed by atoms with van der Waals surface area (Å²) in [5, 5.41) is 3.61. The van der Waals surface area contributed by atoms with Crippen molar-refractivity contribution >= 4 is 51.1 Å². The summed E-state index contributed by atoms with van der Waals surface area (Å²) in [7, 11) is 0. The van der Waals surface area contributed by atoms with Gasteiger partial charge < -0.3 is 0 Å². The van der Waals surface area contributed by atoms with Gasteiger partial charge in [-0.25, -0.2) is 0 Å². The molecule has 2 heterocycles. The first-order chi connectivity index (χ1) is 8.86. The van der Waals surface area contributed by atoms with Crippen LogP contribution >= 0.6 is 23.8 Å². The molecule has 0 bridgehead atoms. The van der Waals surface area contributed by atoms with E-state index in [1.807, 2.05) is 12.1 Å². The van der Waals surface area contributed by atoms with Gasteiger partial charge in [-0.15, -0.1) is 0 Å². The van der Waals surface area contributed by atoms with Crippen LogP contribution in [0.25, 0.3) is 27.3 Å². The molecule has 0 fully saturated rings. The van der Waals surface area contributed by atoms with Gasteiger partial charge in [0.1, 0.15) is 0 Å². The summed E-state index contributed by atoms with van der Waals surface area (Å²) in [4.78, 5) is 0. The Labute approximate surface area is 112 Å². The maximum Gasteiger partial charge on any atom is 0.185 e. The lowest BCUT2D eigenvalue weighted by Crippen LogP contribution is -1.90. The summed E-state index contributed by atoms with van der Waals surface area (Å²) < 4.78 is 7.36. The first-order valence-corrected chi connectivity index (χ1v) is 6.82. The number of aromatic nitrogens is 2. The van der Waals surface area contributed by atoms with Crippen LogP contribution in [0.2, 0.25) is 0 Å².